The van der Waals surface area contributed by atoms with Crippen LogP contribution in [0.15, 0.2) is 97.3 Å². The van der Waals surface area contributed by atoms with Gasteiger partial charge in [0.25, 0.3) is 11.8 Å². The molecule has 3 atom stereocenters. The van der Waals surface area contributed by atoms with Gasteiger partial charge in [0.15, 0.2) is 5.75 Å². The van der Waals surface area contributed by atoms with Crippen LogP contribution in [0.25, 0.3) is 0 Å². The van der Waals surface area contributed by atoms with E-state index >= 15 is 0 Å². The summed E-state index contributed by atoms with van der Waals surface area (Å²) in [6, 6.07) is 25.1. The van der Waals surface area contributed by atoms with E-state index in [9.17, 15) is 14.7 Å². The van der Waals surface area contributed by atoms with E-state index in [1.54, 1.807) is 47.6 Å². The van der Waals surface area contributed by atoms with Gasteiger partial charge in [-0.25, -0.2) is 0 Å². The molecule has 9 nitrogen and oxygen atoms in total. The van der Waals surface area contributed by atoms with E-state index in [-0.39, 0.29) is 24.5 Å². The average molecular weight is 581 g/mol. The second-order valence-corrected chi connectivity index (χ2v) is 10.8. The molecular formula is C34H36N4O5. The number of anilines is 1. The van der Waals surface area contributed by atoms with Gasteiger partial charge < -0.3 is 24.8 Å². The van der Waals surface area contributed by atoms with Gasteiger partial charge in [-0.05, 0) is 75.0 Å². The van der Waals surface area contributed by atoms with E-state index in [1.807, 2.05) is 75.5 Å². The number of carbonyl (C=O) groups excluding carboxylic acids is 2. The molecule has 0 unspecified atom stereocenters. The quantitative estimate of drug-likeness (QED) is 0.265. The maximum absolute atomic E-state index is 13.8. The Bertz CT molecular complexity index is 1530. The van der Waals surface area contributed by atoms with E-state index in [2.05, 4.69) is 15.2 Å². The standard InChI is InChI=1S/C34H36N4O5/c1-23(22-39)38-24(2)31(21-37(3)20-25-12-14-28(15-13-25)42-27-8-5-4-6-9-27)43-32-29(34(38)41)10-7-11-30(32)36-33(40)26-16-18-35-19-17-26/h4-19,23-24,31,39H,20-22H2,1-3H3,(H,36,40)/t23-,24-,31-/m1/s1. The highest BCUT2D eigenvalue weighted by molar-refractivity contribution is 6.07. The van der Waals surface area contributed by atoms with Gasteiger partial charge in [-0.1, -0.05) is 36.4 Å². The number of likely N-dealkylation sites (N-methyl/N-ethyl adjacent to an activating group) is 1. The second kappa shape index (κ2) is 13.5. The molecule has 2 N–H and O–H groups in total. The van der Waals surface area contributed by atoms with Crippen LogP contribution >= 0.6 is 0 Å². The molecule has 0 saturated heterocycles. The third-order valence-electron chi connectivity index (χ3n) is 7.50. The van der Waals surface area contributed by atoms with Crippen molar-refractivity contribution in [2.75, 3.05) is 25.5 Å². The molecule has 222 valence electrons. The van der Waals surface area contributed by atoms with E-state index in [0.717, 1.165) is 17.1 Å². The molecule has 5 rings (SSSR count). The van der Waals surface area contributed by atoms with Crippen molar-refractivity contribution >= 4 is 17.5 Å². The Morgan fingerprint density at radius 2 is 1.72 bits per heavy atom. The van der Waals surface area contributed by atoms with E-state index in [1.165, 1.54) is 0 Å². The minimum atomic E-state index is -0.455. The molecule has 4 aromatic rings. The number of ether oxygens (including phenoxy) is 2. The minimum absolute atomic E-state index is 0.191. The first-order chi connectivity index (χ1) is 20.8. The normalized spacial score (nSPS) is 17.0. The predicted octanol–water partition coefficient (Wildman–Crippen LogP) is 5.23. The summed E-state index contributed by atoms with van der Waals surface area (Å²) < 4.78 is 12.5. The zero-order chi connectivity index (χ0) is 30.3. The molecule has 2 amide bonds. The fourth-order valence-electron chi connectivity index (χ4n) is 5.23. The Labute approximate surface area is 251 Å². The van der Waals surface area contributed by atoms with Crippen molar-refractivity contribution in [1.29, 1.82) is 0 Å². The maximum atomic E-state index is 13.8. The summed E-state index contributed by atoms with van der Waals surface area (Å²) in [5, 5.41) is 12.9. The van der Waals surface area contributed by atoms with Crippen molar-refractivity contribution in [3.8, 4) is 17.2 Å². The van der Waals surface area contributed by atoms with Crippen LogP contribution in [0, 0.1) is 0 Å². The lowest BCUT2D eigenvalue weighted by molar-refractivity contribution is 0.0250. The van der Waals surface area contributed by atoms with Crippen LogP contribution in [0.4, 0.5) is 5.69 Å². The summed E-state index contributed by atoms with van der Waals surface area (Å²) in [5.41, 5.74) is 2.26. The molecule has 43 heavy (non-hydrogen) atoms. The smallest absolute Gasteiger partial charge is 0.258 e. The molecule has 0 spiro atoms. The number of carbonyl (C=O) groups is 2. The molecule has 9 heteroatoms. The first kappa shape index (κ1) is 29.8. The number of nitrogens with zero attached hydrogens (tertiary/aromatic N) is 3. The molecule has 1 aliphatic rings. The van der Waals surface area contributed by atoms with Crippen molar-refractivity contribution in [2.24, 2.45) is 0 Å². The molecule has 1 aliphatic heterocycles. The average Bonchev–Trinajstić information content (AvgIpc) is 3.12. The van der Waals surface area contributed by atoms with E-state index < -0.39 is 12.1 Å². The Morgan fingerprint density at radius 3 is 2.42 bits per heavy atom. The van der Waals surface area contributed by atoms with Crippen LogP contribution in [0.5, 0.6) is 17.2 Å². The zero-order valence-electron chi connectivity index (χ0n) is 24.5. The lowest BCUT2D eigenvalue weighted by Gasteiger charge is -2.36. The third kappa shape index (κ3) is 7.02. The number of aliphatic hydroxyl groups excluding tert-OH is 1. The van der Waals surface area contributed by atoms with Crippen molar-refractivity contribution in [3.63, 3.8) is 0 Å². The van der Waals surface area contributed by atoms with Crippen LogP contribution in [0.3, 0.4) is 0 Å². The second-order valence-electron chi connectivity index (χ2n) is 10.8. The summed E-state index contributed by atoms with van der Waals surface area (Å²) in [6.07, 6.45) is 2.64. The van der Waals surface area contributed by atoms with Crippen molar-refractivity contribution in [2.45, 2.75) is 38.6 Å². The Hall–Kier alpha value is -4.73. The highest BCUT2D eigenvalue weighted by Gasteiger charge is 2.39. The summed E-state index contributed by atoms with van der Waals surface area (Å²) in [4.78, 5) is 34.6. The SMILES string of the molecule is C[C@H](CO)N1C(=O)c2cccc(NC(=O)c3ccncc3)c2O[C@H](CN(C)Cc2ccc(Oc3ccccc3)cc2)[C@H]1C. The highest BCUT2D eigenvalue weighted by Crippen LogP contribution is 2.36. The number of rotatable bonds is 10. The molecule has 2 heterocycles. The number of nitrogens with one attached hydrogen (secondary N) is 1. The fourth-order valence-corrected chi connectivity index (χ4v) is 5.23. The lowest BCUT2D eigenvalue weighted by atomic mass is 10.1. The monoisotopic (exact) mass is 580 g/mol. The molecule has 1 aromatic heterocycles. The van der Waals surface area contributed by atoms with Gasteiger partial charge in [0.05, 0.1) is 29.9 Å². The molecule has 0 saturated carbocycles. The van der Waals surface area contributed by atoms with Gasteiger partial charge in [0, 0.05) is 31.0 Å². The third-order valence-corrected chi connectivity index (χ3v) is 7.50. The number of hydrogen-bond donors (Lipinski definition) is 2. The molecular weight excluding hydrogens is 544 g/mol. The maximum Gasteiger partial charge on any atom is 0.258 e. The fraction of sp³-hybridized carbons (Fsp3) is 0.265. The first-order valence-electron chi connectivity index (χ1n) is 14.3. The lowest BCUT2D eigenvalue weighted by Crippen LogP contribution is -2.53. The van der Waals surface area contributed by atoms with Crippen LogP contribution < -0.4 is 14.8 Å². The van der Waals surface area contributed by atoms with Gasteiger partial charge in [0.1, 0.15) is 17.6 Å². The Balaban J connectivity index is 1.36. The van der Waals surface area contributed by atoms with Crippen LogP contribution in [0.2, 0.25) is 0 Å². The molecule has 0 radical (unpaired) electrons. The number of aliphatic hydroxyl groups is 1. The molecule has 0 fully saturated rings. The van der Waals surface area contributed by atoms with Crippen molar-refractivity contribution in [1.82, 2.24) is 14.8 Å². The summed E-state index contributed by atoms with van der Waals surface area (Å²) in [5.74, 6) is 1.25. The zero-order valence-corrected chi connectivity index (χ0v) is 24.5. The van der Waals surface area contributed by atoms with Crippen molar-refractivity contribution in [3.05, 3.63) is 114 Å². The van der Waals surface area contributed by atoms with E-state index in [4.69, 9.17) is 9.47 Å². The van der Waals surface area contributed by atoms with Gasteiger partial charge >= 0.3 is 0 Å². The van der Waals surface area contributed by atoms with Crippen LogP contribution in [0.1, 0.15) is 40.1 Å². The molecule has 0 aliphatic carbocycles. The molecule has 0 bridgehead atoms. The first-order valence-corrected chi connectivity index (χ1v) is 14.3. The van der Waals surface area contributed by atoms with Crippen molar-refractivity contribution < 1.29 is 24.2 Å². The summed E-state index contributed by atoms with van der Waals surface area (Å²) in [7, 11) is 2.00. The van der Waals surface area contributed by atoms with Gasteiger partial charge in [0.2, 0.25) is 0 Å². The largest absolute Gasteiger partial charge is 0.484 e. The number of para-hydroxylation sites is 2. The van der Waals surface area contributed by atoms with E-state index in [0.29, 0.717) is 35.7 Å². The number of pyridine rings is 1. The topological polar surface area (TPSA) is 104 Å². The predicted molar refractivity (Wildman–Crippen MR) is 165 cm³/mol. The minimum Gasteiger partial charge on any atom is -0.484 e. The summed E-state index contributed by atoms with van der Waals surface area (Å²) in [6.45, 7) is 4.67. The molecule has 3 aromatic carbocycles. The van der Waals surface area contributed by atoms with Crippen LogP contribution in [-0.4, -0.2) is 70.1 Å². The Kier molecular flexibility index (Phi) is 9.34. The number of hydrogen-bond acceptors (Lipinski definition) is 7. The summed E-state index contributed by atoms with van der Waals surface area (Å²) >= 11 is 0. The van der Waals surface area contributed by atoms with Gasteiger partial charge in [-0.2, -0.15) is 0 Å². The van der Waals surface area contributed by atoms with Gasteiger partial charge in [-0.15, -0.1) is 0 Å². The van der Waals surface area contributed by atoms with Gasteiger partial charge in [-0.3, -0.25) is 19.5 Å². The van der Waals surface area contributed by atoms with Crippen LogP contribution in [-0.2, 0) is 6.54 Å². The number of fused-ring (bicyclic) bond motifs is 1. The number of benzene rings is 3. The number of amides is 2. The number of aromatic nitrogens is 1. The Morgan fingerprint density at radius 1 is 1.02 bits per heavy atom. The highest BCUT2D eigenvalue weighted by atomic mass is 16.5.